The standard InChI is InChI=1S/C9H9FN2O2S/c1-12(15(2,13)14)9-5-3-4-8(10)7(9)6-11/h3-5H,1-2H3. The smallest absolute Gasteiger partial charge is 0.232 e. The molecule has 0 aromatic heterocycles. The Balaban J connectivity index is 3.40. The Morgan fingerprint density at radius 3 is 2.53 bits per heavy atom. The molecule has 0 spiro atoms. The first-order chi connectivity index (χ1) is 6.88. The van der Waals surface area contributed by atoms with Gasteiger partial charge in [-0.25, -0.2) is 12.8 Å². The molecule has 4 nitrogen and oxygen atoms in total. The van der Waals surface area contributed by atoms with E-state index in [1.54, 1.807) is 6.07 Å². The van der Waals surface area contributed by atoms with Crippen molar-refractivity contribution in [3.05, 3.63) is 29.6 Å². The van der Waals surface area contributed by atoms with E-state index in [0.717, 1.165) is 16.6 Å². The number of sulfonamides is 1. The van der Waals surface area contributed by atoms with Crippen LogP contribution in [0.5, 0.6) is 0 Å². The molecule has 1 aromatic carbocycles. The van der Waals surface area contributed by atoms with Gasteiger partial charge < -0.3 is 0 Å². The predicted octanol–water partition coefficient (Wildman–Crippen LogP) is 1.09. The van der Waals surface area contributed by atoms with Gasteiger partial charge in [-0.05, 0) is 12.1 Å². The van der Waals surface area contributed by atoms with Crippen molar-refractivity contribution in [2.75, 3.05) is 17.6 Å². The zero-order chi connectivity index (χ0) is 11.6. The summed E-state index contributed by atoms with van der Waals surface area (Å²) < 4.78 is 36.4. The maximum atomic E-state index is 13.2. The van der Waals surface area contributed by atoms with Crippen LogP contribution in [0.15, 0.2) is 18.2 Å². The van der Waals surface area contributed by atoms with Gasteiger partial charge in [-0.3, -0.25) is 4.31 Å². The molecule has 0 amide bonds. The first-order valence-electron chi connectivity index (χ1n) is 4.00. The summed E-state index contributed by atoms with van der Waals surface area (Å²) in [5.41, 5.74) is -0.231. The van der Waals surface area contributed by atoms with Crippen molar-refractivity contribution in [1.82, 2.24) is 0 Å². The Kier molecular flexibility index (Phi) is 2.95. The molecular weight excluding hydrogens is 219 g/mol. The number of hydrogen-bond acceptors (Lipinski definition) is 3. The molecule has 0 aliphatic carbocycles. The third-order valence-electron chi connectivity index (χ3n) is 1.94. The van der Waals surface area contributed by atoms with Crippen molar-refractivity contribution in [1.29, 1.82) is 5.26 Å². The van der Waals surface area contributed by atoms with Crippen molar-refractivity contribution >= 4 is 15.7 Å². The van der Waals surface area contributed by atoms with Crippen LogP contribution in [0.1, 0.15) is 5.56 Å². The Morgan fingerprint density at radius 2 is 2.07 bits per heavy atom. The summed E-state index contributed by atoms with van der Waals surface area (Å²) in [6.07, 6.45) is 0.985. The summed E-state index contributed by atoms with van der Waals surface area (Å²) in [4.78, 5) is 0. The van der Waals surface area contributed by atoms with E-state index in [4.69, 9.17) is 5.26 Å². The lowest BCUT2D eigenvalue weighted by Crippen LogP contribution is -2.25. The quantitative estimate of drug-likeness (QED) is 0.761. The lowest BCUT2D eigenvalue weighted by atomic mass is 10.2. The van der Waals surface area contributed by atoms with Gasteiger partial charge in [-0.2, -0.15) is 5.26 Å². The molecule has 0 bridgehead atoms. The Labute approximate surface area is 87.6 Å². The minimum absolute atomic E-state index is 0.0417. The van der Waals surface area contributed by atoms with Gasteiger partial charge >= 0.3 is 0 Å². The highest BCUT2D eigenvalue weighted by molar-refractivity contribution is 7.92. The second-order valence-corrected chi connectivity index (χ2v) is 4.99. The third kappa shape index (κ3) is 2.25. The van der Waals surface area contributed by atoms with Gasteiger partial charge in [0.2, 0.25) is 10.0 Å². The summed E-state index contributed by atoms with van der Waals surface area (Å²) in [5, 5.41) is 8.70. The average Bonchev–Trinajstić information content (AvgIpc) is 2.14. The van der Waals surface area contributed by atoms with Crippen molar-refractivity contribution < 1.29 is 12.8 Å². The van der Waals surface area contributed by atoms with Crippen LogP contribution in [0.25, 0.3) is 0 Å². The molecule has 1 rings (SSSR count). The van der Waals surface area contributed by atoms with E-state index in [9.17, 15) is 12.8 Å². The van der Waals surface area contributed by atoms with Crippen LogP contribution >= 0.6 is 0 Å². The number of nitriles is 1. The van der Waals surface area contributed by atoms with Crippen molar-refractivity contribution in [2.45, 2.75) is 0 Å². The highest BCUT2D eigenvalue weighted by Crippen LogP contribution is 2.22. The van der Waals surface area contributed by atoms with Crippen LogP contribution in [-0.4, -0.2) is 21.7 Å². The summed E-state index contributed by atoms with van der Waals surface area (Å²) in [5.74, 6) is -0.731. The number of benzene rings is 1. The summed E-state index contributed by atoms with van der Waals surface area (Å²) >= 11 is 0. The molecule has 0 heterocycles. The van der Waals surface area contributed by atoms with Crippen LogP contribution in [0.3, 0.4) is 0 Å². The summed E-state index contributed by atoms with van der Waals surface area (Å²) in [7, 11) is -2.22. The van der Waals surface area contributed by atoms with Crippen LogP contribution in [-0.2, 0) is 10.0 Å². The third-order valence-corrected chi connectivity index (χ3v) is 3.13. The van der Waals surface area contributed by atoms with Crippen LogP contribution in [0.4, 0.5) is 10.1 Å². The molecule has 0 saturated carbocycles. The first-order valence-corrected chi connectivity index (χ1v) is 5.85. The van der Waals surface area contributed by atoms with E-state index in [0.29, 0.717) is 0 Å². The molecule has 0 atom stereocenters. The largest absolute Gasteiger partial charge is 0.272 e. The van der Waals surface area contributed by atoms with Crippen molar-refractivity contribution in [3.8, 4) is 6.07 Å². The number of nitrogens with zero attached hydrogens (tertiary/aromatic N) is 2. The normalized spacial score (nSPS) is 10.8. The second-order valence-electron chi connectivity index (χ2n) is 2.98. The SMILES string of the molecule is CN(c1cccc(F)c1C#N)S(C)(=O)=O. The molecule has 0 aliphatic rings. The van der Waals surface area contributed by atoms with Crippen LogP contribution in [0.2, 0.25) is 0 Å². The van der Waals surface area contributed by atoms with Gasteiger partial charge in [0, 0.05) is 7.05 Å². The highest BCUT2D eigenvalue weighted by atomic mass is 32.2. The summed E-state index contributed by atoms with van der Waals surface area (Å²) in [6, 6.07) is 5.48. The lowest BCUT2D eigenvalue weighted by molar-refractivity contribution is 0.599. The minimum Gasteiger partial charge on any atom is -0.272 e. The lowest BCUT2D eigenvalue weighted by Gasteiger charge is -2.17. The molecule has 15 heavy (non-hydrogen) atoms. The monoisotopic (exact) mass is 228 g/mol. The van der Waals surface area contributed by atoms with Crippen molar-refractivity contribution in [3.63, 3.8) is 0 Å². The number of hydrogen-bond donors (Lipinski definition) is 0. The van der Waals surface area contributed by atoms with Gasteiger partial charge in [0.05, 0.1) is 11.9 Å². The van der Waals surface area contributed by atoms with Gasteiger partial charge in [-0.1, -0.05) is 6.07 Å². The Hall–Kier alpha value is -1.61. The number of anilines is 1. The van der Waals surface area contributed by atoms with E-state index >= 15 is 0 Å². The molecule has 1 aromatic rings. The van der Waals surface area contributed by atoms with Gasteiger partial charge in [0.15, 0.2) is 0 Å². The van der Waals surface area contributed by atoms with Gasteiger partial charge in [-0.15, -0.1) is 0 Å². The fraction of sp³-hybridized carbons (Fsp3) is 0.222. The Bertz CT molecular complexity index is 519. The van der Waals surface area contributed by atoms with E-state index in [2.05, 4.69) is 0 Å². The molecule has 0 aliphatic heterocycles. The zero-order valence-corrected chi connectivity index (χ0v) is 9.05. The molecule has 6 heteroatoms. The van der Waals surface area contributed by atoms with Gasteiger partial charge in [0.25, 0.3) is 0 Å². The molecule has 0 unspecified atom stereocenters. The number of rotatable bonds is 2. The first kappa shape index (κ1) is 11.5. The zero-order valence-electron chi connectivity index (χ0n) is 8.23. The molecular formula is C9H9FN2O2S. The maximum Gasteiger partial charge on any atom is 0.232 e. The Morgan fingerprint density at radius 1 is 1.47 bits per heavy atom. The second kappa shape index (κ2) is 3.87. The molecule has 0 radical (unpaired) electrons. The maximum absolute atomic E-state index is 13.2. The van der Waals surface area contributed by atoms with Gasteiger partial charge in [0.1, 0.15) is 17.4 Å². The van der Waals surface area contributed by atoms with E-state index in [1.165, 1.54) is 19.2 Å². The minimum atomic E-state index is -3.49. The molecule has 0 N–H and O–H groups in total. The fourth-order valence-electron chi connectivity index (χ4n) is 1.06. The highest BCUT2D eigenvalue weighted by Gasteiger charge is 2.17. The topological polar surface area (TPSA) is 61.2 Å². The van der Waals surface area contributed by atoms with E-state index in [1.807, 2.05) is 0 Å². The van der Waals surface area contributed by atoms with E-state index < -0.39 is 15.8 Å². The number of halogens is 1. The fourth-order valence-corrected chi connectivity index (χ4v) is 1.57. The molecule has 0 fully saturated rings. The predicted molar refractivity (Wildman–Crippen MR) is 54.4 cm³/mol. The van der Waals surface area contributed by atoms with Crippen LogP contribution < -0.4 is 4.31 Å². The molecule has 80 valence electrons. The average molecular weight is 228 g/mol. The molecule has 0 saturated heterocycles. The van der Waals surface area contributed by atoms with Crippen LogP contribution in [0, 0.1) is 17.1 Å². The van der Waals surface area contributed by atoms with Crippen molar-refractivity contribution in [2.24, 2.45) is 0 Å². The van der Waals surface area contributed by atoms with E-state index in [-0.39, 0.29) is 11.3 Å². The summed E-state index contributed by atoms with van der Waals surface area (Å²) in [6.45, 7) is 0.